The standard InChI is InChI=1S/C19H17ClN2O4S/c1-12(13-6-2-3-7-14(13)20)21-17(23)10-25-18(24)11-27-19-22-15-8-4-5-9-16(15)26-19/h2-9,12H,10-11H2,1H3,(H,21,23)/t12-/m1/s1. The maximum atomic E-state index is 12.0. The molecule has 0 saturated heterocycles. The number of amides is 1. The van der Waals surface area contributed by atoms with Crippen molar-refractivity contribution < 1.29 is 18.7 Å². The summed E-state index contributed by atoms with van der Waals surface area (Å²) in [6.07, 6.45) is 0. The van der Waals surface area contributed by atoms with Gasteiger partial charge in [-0.05, 0) is 30.7 Å². The Bertz CT molecular complexity index is 927. The van der Waals surface area contributed by atoms with Gasteiger partial charge in [0.2, 0.25) is 0 Å². The third kappa shape index (κ3) is 5.24. The number of rotatable bonds is 7. The molecule has 6 nitrogen and oxygen atoms in total. The van der Waals surface area contributed by atoms with Crippen LogP contribution in [0, 0.1) is 0 Å². The van der Waals surface area contributed by atoms with Crippen molar-refractivity contribution in [3.05, 3.63) is 59.1 Å². The summed E-state index contributed by atoms with van der Waals surface area (Å²) in [4.78, 5) is 28.1. The van der Waals surface area contributed by atoms with E-state index < -0.39 is 11.9 Å². The van der Waals surface area contributed by atoms with Crippen molar-refractivity contribution in [2.24, 2.45) is 0 Å². The number of halogens is 1. The number of carbonyl (C=O) groups is 2. The fraction of sp³-hybridized carbons (Fsp3) is 0.211. The summed E-state index contributed by atoms with van der Waals surface area (Å²) in [5.41, 5.74) is 2.17. The number of para-hydroxylation sites is 2. The molecule has 0 unspecified atom stereocenters. The largest absolute Gasteiger partial charge is 0.455 e. The van der Waals surface area contributed by atoms with Gasteiger partial charge in [0.25, 0.3) is 11.1 Å². The van der Waals surface area contributed by atoms with Crippen LogP contribution in [0.25, 0.3) is 11.1 Å². The molecule has 1 N–H and O–H groups in total. The van der Waals surface area contributed by atoms with Gasteiger partial charge in [0.15, 0.2) is 12.2 Å². The zero-order chi connectivity index (χ0) is 19.2. The van der Waals surface area contributed by atoms with Crippen molar-refractivity contribution in [2.45, 2.75) is 18.2 Å². The number of thioether (sulfide) groups is 1. The van der Waals surface area contributed by atoms with Crippen molar-refractivity contribution >= 4 is 46.3 Å². The Morgan fingerprint density at radius 1 is 1.22 bits per heavy atom. The highest BCUT2D eigenvalue weighted by atomic mass is 35.5. The minimum Gasteiger partial charge on any atom is -0.455 e. The number of ether oxygens (including phenoxy) is 1. The van der Waals surface area contributed by atoms with E-state index in [0.29, 0.717) is 15.8 Å². The van der Waals surface area contributed by atoms with Gasteiger partial charge in [-0.15, -0.1) is 0 Å². The topological polar surface area (TPSA) is 81.4 Å². The maximum absolute atomic E-state index is 12.0. The van der Waals surface area contributed by atoms with Crippen LogP contribution in [-0.4, -0.2) is 29.2 Å². The number of nitrogens with zero attached hydrogens (tertiary/aromatic N) is 1. The molecule has 1 amide bonds. The SMILES string of the molecule is C[C@@H](NC(=O)COC(=O)CSc1nc2ccccc2o1)c1ccccc1Cl. The summed E-state index contributed by atoms with van der Waals surface area (Å²) in [7, 11) is 0. The van der Waals surface area contributed by atoms with Gasteiger partial charge >= 0.3 is 5.97 Å². The average molecular weight is 405 g/mol. The fourth-order valence-electron chi connectivity index (χ4n) is 2.41. The molecule has 0 bridgehead atoms. The van der Waals surface area contributed by atoms with Crippen LogP contribution in [0.15, 0.2) is 58.2 Å². The van der Waals surface area contributed by atoms with E-state index in [9.17, 15) is 9.59 Å². The highest BCUT2D eigenvalue weighted by molar-refractivity contribution is 7.99. The molecule has 1 atom stereocenters. The summed E-state index contributed by atoms with van der Waals surface area (Å²) in [6, 6.07) is 14.3. The quantitative estimate of drug-likeness (QED) is 0.473. The number of fused-ring (bicyclic) bond motifs is 1. The van der Waals surface area contributed by atoms with Gasteiger partial charge in [0, 0.05) is 5.02 Å². The second kappa shape index (κ2) is 8.92. The first-order valence-corrected chi connectivity index (χ1v) is 9.57. The molecule has 140 valence electrons. The smallest absolute Gasteiger partial charge is 0.316 e. The Labute approximate surface area is 165 Å². The van der Waals surface area contributed by atoms with Crippen LogP contribution in [0.2, 0.25) is 5.02 Å². The monoisotopic (exact) mass is 404 g/mol. The summed E-state index contributed by atoms with van der Waals surface area (Å²) < 4.78 is 10.5. The third-order valence-electron chi connectivity index (χ3n) is 3.70. The number of esters is 1. The second-order valence-electron chi connectivity index (χ2n) is 5.71. The first-order valence-electron chi connectivity index (χ1n) is 8.20. The van der Waals surface area contributed by atoms with Crippen molar-refractivity contribution in [3.8, 4) is 0 Å². The van der Waals surface area contributed by atoms with Gasteiger partial charge in [-0.25, -0.2) is 4.98 Å². The van der Waals surface area contributed by atoms with Crippen LogP contribution in [-0.2, 0) is 14.3 Å². The Balaban J connectivity index is 1.43. The number of hydrogen-bond donors (Lipinski definition) is 1. The van der Waals surface area contributed by atoms with Crippen LogP contribution in [0.5, 0.6) is 0 Å². The molecule has 0 spiro atoms. The highest BCUT2D eigenvalue weighted by Crippen LogP contribution is 2.23. The van der Waals surface area contributed by atoms with Gasteiger partial charge in [-0.3, -0.25) is 9.59 Å². The summed E-state index contributed by atoms with van der Waals surface area (Å²) >= 11 is 7.22. The molecule has 8 heteroatoms. The van der Waals surface area contributed by atoms with Gasteiger partial charge in [0.05, 0.1) is 6.04 Å². The minimum absolute atomic E-state index is 0.000168. The molecule has 3 rings (SSSR count). The molecule has 0 aliphatic heterocycles. The van der Waals surface area contributed by atoms with E-state index >= 15 is 0 Å². The summed E-state index contributed by atoms with van der Waals surface area (Å²) in [6.45, 7) is 1.45. The first-order chi connectivity index (χ1) is 13.0. The number of benzene rings is 2. The molecule has 3 aromatic rings. The zero-order valence-corrected chi connectivity index (χ0v) is 16.0. The number of oxazole rings is 1. The lowest BCUT2D eigenvalue weighted by molar-refractivity contribution is -0.146. The lowest BCUT2D eigenvalue weighted by Gasteiger charge is -2.15. The van der Waals surface area contributed by atoms with E-state index in [4.69, 9.17) is 20.8 Å². The van der Waals surface area contributed by atoms with E-state index in [0.717, 1.165) is 22.8 Å². The van der Waals surface area contributed by atoms with Crippen molar-refractivity contribution in [1.82, 2.24) is 10.3 Å². The molecular formula is C19H17ClN2O4S. The molecule has 1 aromatic heterocycles. The van der Waals surface area contributed by atoms with Crippen LogP contribution < -0.4 is 5.32 Å². The lowest BCUT2D eigenvalue weighted by Crippen LogP contribution is -2.31. The van der Waals surface area contributed by atoms with E-state index in [1.807, 2.05) is 43.3 Å². The maximum Gasteiger partial charge on any atom is 0.316 e. The molecule has 2 aromatic carbocycles. The Morgan fingerprint density at radius 3 is 2.74 bits per heavy atom. The first kappa shape index (κ1) is 19.3. The normalized spacial score (nSPS) is 11.9. The van der Waals surface area contributed by atoms with Crippen molar-refractivity contribution in [2.75, 3.05) is 12.4 Å². The zero-order valence-electron chi connectivity index (χ0n) is 14.5. The van der Waals surface area contributed by atoms with Crippen LogP contribution >= 0.6 is 23.4 Å². The van der Waals surface area contributed by atoms with Crippen LogP contribution in [0.3, 0.4) is 0 Å². The number of hydrogen-bond acceptors (Lipinski definition) is 6. The van der Waals surface area contributed by atoms with E-state index in [-0.39, 0.29) is 18.4 Å². The number of carbonyl (C=O) groups excluding carboxylic acids is 2. The summed E-state index contributed by atoms with van der Waals surface area (Å²) in [5, 5.41) is 3.69. The van der Waals surface area contributed by atoms with Gasteiger partial charge in [-0.1, -0.05) is 53.7 Å². The third-order valence-corrected chi connectivity index (χ3v) is 4.85. The molecule has 0 saturated carbocycles. The van der Waals surface area contributed by atoms with E-state index in [2.05, 4.69) is 10.3 Å². The van der Waals surface area contributed by atoms with Gasteiger partial charge in [-0.2, -0.15) is 0 Å². The minimum atomic E-state index is -0.525. The average Bonchev–Trinajstić information content (AvgIpc) is 3.08. The van der Waals surface area contributed by atoms with E-state index in [1.54, 1.807) is 12.1 Å². The van der Waals surface area contributed by atoms with Gasteiger partial charge < -0.3 is 14.5 Å². The van der Waals surface area contributed by atoms with Crippen LogP contribution in [0.1, 0.15) is 18.5 Å². The van der Waals surface area contributed by atoms with Crippen molar-refractivity contribution in [3.63, 3.8) is 0 Å². The van der Waals surface area contributed by atoms with Crippen molar-refractivity contribution in [1.29, 1.82) is 0 Å². The Morgan fingerprint density at radius 2 is 1.96 bits per heavy atom. The van der Waals surface area contributed by atoms with E-state index in [1.165, 1.54) is 0 Å². The molecule has 1 heterocycles. The molecule has 0 aliphatic rings. The second-order valence-corrected chi connectivity index (χ2v) is 7.04. The molecule has 0 radical (unpaired) electrons. The Kier molecular flexibility index (Phi) is 6.36. The predicted molar refractivity (Wildman–Crippen MR) is 104 cm³/mol. The predicted octanol–water partition coefficient (Wildman–Crippen LogP) is 3.99. The molecule has 0 aliphatic carbocycles. The fourth-order valence-corrected chi connectivity index (χ4v) is 3.34. The molecular weight excluding hydrogens is 388 g/mol. The number of nitrogens with one attached hydrogen (secondary N) is 1. The molecule has 0 fully saturated rings. The number of aromatic nitrogens is 1. The summed E-state index contributed by atoms with van der Waals surface area (Å²) in [5.74, 6) is -0.925. The van der Waals surface area contributed by atoms with Gasteiger partial charge in [0.1, 0.15) is 11.3 Å². The van der Waals surface area contributed by atoms with Crippen LogP contribution in [0.4, 0.5) is 0 Å². The Hall–Kier alpha value is -2.51. The lowest BCUT2D eigenvalue weighted by atomic mass is 10.1. The highest BCUT2D eigenvalue weighted by Gasteiger charge is 2.15. The molecule has 27 heavy (non-hydrogen) atoms.